The number of ether oxygens (including phenoxy) is 2. The third kappa shape index (κ3) is 6.31. The van der Waals surface area contributed by atoms with Gasteiger partial charge in [0, 0.05) is 49.9 Å². The van der Waals surface area contributed by atoms with Gasteiger partial charge in [0.15, 0.2) is 0 Å². The molecule has 2 aromatic carbocycles. The zero-order valence-electron chi connectivity index (χ0n) is 18.4. The number of hydrogen-bond donors (Lipinski definition) is 1. The van der Waals surface area contributed by atoms with Crippen LogP contribution in [0, 0.1) is 0 Å². The van der Waals surface area contributed by atoms with Gasteiger partial charge in [-0.05, 0) is 68.1 Å². The van der Waals surface area contributed by atoms with Crippen molar-refractivity contribution in [3.05, 3.63) is 65.2 Å². The van der Waals surface area contributed by atoms with Gasteiger partial charge in [-0.15, -0.1) is 0 Å². The van der Waals surface area contributed by atoms with Gasteiger partial charge in [-0.25, -0.2) is 0 Å². The van der Waals surface area contributed by atoms with E-state index in [0.29, 0.717) is 37.4 Å². The highest BCUT2D eigenvalue weighted by Gasteiger charge is 2.26. The summed E-state index contributed by atoms with van der Waals surface area (Å²) in [5, 5.41) is 2.95. The second kappa shape index (κ2) is 11.5. The molecule has 2 aromatic rings. The summed E-state index contributed by atoms with van der Waals surface area (Å²) >= 11 is 0. The van der Waals surface area contributed by atoms with Crippen LogP contribution in [0.25, 0.3) is 0 Å². The largest absolute Gasteiger partial charge is 0.497 e. The lowest BCUT2D eigenvalue weighted by atomic mass is 9.89. The predicted molar refractivity (Wildman–Crippen MR) is 121 cm³/mol. The van der Waals surface area contributed by atoms with Crippen LogP contribution in [-0.2, 0) is 4.74 Å². The number of methoxy groups -OCH3 is 1. The van der Waals surface area contributed by atoms with Crippen molar-refractivity contribution in [2.45, 2.75) is 32.1 Å². The molecule has 0 unspecified atom stereocenters. The van der Waals surface area contributed by atoms with E-state index in [-0.39, 0.29) is 17.7 Å². The van der Waals surface area contributed by atoms with E-state index in [1.807, 2.05) is 42.2 Å². The molecule has 1 aliphatic rings. The van der Waals surface area contributed by atoms with Gasteiger partial charge in [0.2, 0.25) is 0 Å². The molecule has 1 aliphatic heterocycles. The molecule has 0 aromatic heterocycles. The van der Waals surface area contributed by atoms with E-state index in [0.717, 1.165) is 37.1 Å². The van der Waals surface area contributed by atoms with Crippen LogP contribution in [0.5, 0.6) is 5.75 Å². The molecule has 1 heterocycles. The third-order valence-electron chi connectivity index (χ3n) is 5.62. The quantitative estimate of drug-likeness (QED) is 0.621. The first-order valence-corrected chi connectivity index (χ1v) is 11.0. The fourth-order valence-corrected chi connectivity index (χ4v) is 3.91. The molecule has 0 bridgehead atoms. The van der Waals surface area contributed by atoms with E-state index in [9.17, 15) is 9.59 Å². The monoisotopic (exact) mass is 424 g/mol. The minimum absolute atomic E-state index is 0.0375. The number of piperidine rings is 1. The maximum Gasteiger partial charge on any atom is 0.253 e. The Balaban J connectivity index is 1.61. The topological polar surface area (TPSA) is 67.9 Å². The normalized spacial score (nSPS) is 16.1. The second-order valence-corrected chi connectivity index (χ2v) is 7.75. The molecule has 1 fully saturated rings. The van der Waals surface area contributed by atoms with Crippen molar-refractivity contribution in [2.24, 2.45) is 0 Å². The zero-order chi connectivity index (χ0) is 22.1. The number of carbonyl (C=O) groups is 2. The Kier molecular flexibility index (Phi) is 8.47. The van der Waals surface area contributed by atoms with Crippen molar-refractivity contribution in [1.82, 2.24) is 10.2 Å². The third-order valence-corrected chi connectivity index (χ3v) is 5.62. The molecule has 1 N–H and O–H groups in total. The average Bonchev–Trinajstić information content (AvgIpc) is 2.83. The molecule has 0 spiro atoms. The van der Waals surface area contributed by atoms with E-state index in [1.165, 1.54) is 0 Å². The molecule has 0 saturated carbocycles. The average molecular weight is 425 g/mol. The molecule has 1 saturated heterocycles. The van der Waals surface area contributed by atoms with Crippen LogP contribution in [0.4, 0.5) is 0 Å². The summed E-state index contributed by atoms with van der Waals surface area (Å²) in [5.74, 6) is 0.929. The van der Waals surface area contributed by atoms with Crippen LogP contribution in [-0.4, -0.2) is 56.7 Å². The Morgan fingerprint density at radius 2 is 1.94 bits per heavy atom. The highest BCUT2D eigenvalue weighted by molar-refractivity contribution is 5.95. The van der Waals surface area contributed by atoms with Gasteiger partial charge in [-0.3, -0.25) is 9.59 Å². The lowest BCUT2D eigenvalue weighted by Crippen LogP contribution is -2.39. The molecular formula is C25H32N2O4. The summed E-state index contributed by atoms with van der Waals surface area (Å²) in [6.07, 6.45) is 2.75. The first-order chi connectivity index (χ1) is 15.1. The predicted octanol–water partition coefficient (Wildman–Crippen LogP) is 3.87. The van der Waals surface area contributed by atoms with Crippen molar-refractivity contribution < 1.29 is 19.1 Å². The molecule has 0 radical (unpaired) electrons. The highest BCUT2D eigenvalue weighted by atomic mass is 16.5. The van der Waals surface area contributed by atoms with Crippen LogP contribution < -0.4 is 10.1 Å². The summed E-state index contributed by atoms with van der Waals surface area (Å²) in [6, 6.07) is 15.0. The number of benzene rings is 2. The summed E-state index contributed by atoms with van der Waals surface area (Å²) in [5.41, 5.74) is 2.43. The Labute approximate surface area is 184 Å². The number of likely N-dealkylation sites (tertiary alicyclic amines) is 1. The number of nitrogens with zero attached hydrogens (tertiary/aromatic N) is 1. The Hall–Kier alpha value is -2.86. The Morgan fingerprint density at radius 1 is 1.13 bits per heavy atom. The Bertz CT molecular complexity index is 866. The van der Waals surface area contributed by atoms with Crippen LogP contribution in [0.2, 0.25) is 0 Å². The minimum atomic E-state index is -0.0691. The molecule has 31 heavy (non-hydrogen) atoms. The maximum absolute atomic E-state index is 13.0. The number of rotatable bonds is 9. The van der Waals surface area contributed by atoms with Gasteiger partial charge in [0.25, 0.3) is 11.8 Å². The number of hydrogen-bond acceptors (Lipinski definition) is 4. The maximum atomic E-state index is 13.0. The Morgan fingerprint density at radius 3 is 2.68 bits per heavy atom. The van der Waals surface area contributed by atoms with E-state index in [4.69, 9.17) is 9.47 Å². The molecule has 0 aliphatic carbocycles. The van der Waals surface area contributed by atoms with Crippen molar-refractivity contribution in [2.75, 3.05) is 40.0 Å². The van der Waals surface area contributed by atoms with Gasteiger partial charge in [0.05, 0.1) is 7.11 Å². The van der Waals surface area contributed by atoms with E-state index in [2.05, 4.69) is 11.4 Å². The SMILES string of the molecule is CCOCCCNC(=O)c1cccc([C@H]2CCCN(C(=O)c3ccc(OC)cc3)C2)c1. The number of carbonyl (C=O) groups excluding carboxylic acids is 2. The minimum Gasteiger partial charge on any atom is -0.497 e. The molecule has 6 heteroatoms. The fraction of sp³-hybridized carbons (Fsp3) is 0.440. The number of amides is 2. The highest BCUT2D eigenvalue weighted by Crippen LogP contribution is 2.28. The van der Waals surface area contributed by atoms with E-state index in [1.54, 1.807) is 19.2 Å². The lowest BCUT2D eigenvalue weighted by molar-refractivity contribution is 0.0706. The van der Waals surface area contributed by atoms with Gasteiger partial charge in [-0.1, -0.05) is 12.1 Å². The van der Waals surface area contributed by atoms with Gasteiger partial charge >= 0.3 is 0 Å². The summed E-state index contributed by atoms with van der Waals surface area (Å²) in [4.78, 5) is 27.4. The first kappa shape index (κ1) is 22.8. The molecule has 1 atom stereocenters. The molecule has 6 nitrogen and oxygen atoms in total. The van der Waals surface area contributed by atoms with Gasteiger partial charge in [-0.2, -0.15) is 0 Å². The first-order valence-electron chi connectivity index (χ1n) is 11.0. The van der Waals surface area contributed by atoms with E-state index >= 15 is 0 Å². The smallest absolute Gasteiger partial charge is 0.253 e. The van der Waals surface area contributed by atoms with E-state index < -0.39 is 0 Å². The summed E-state index contributed by atoms with van der Waals surface area (Å²) in [7, 11) is 1.61. The van der Waals surface area contributed by atoms with Crippen molar-refractivity contribution >= 4 is 11.8 Å². The van der Waals surface area contributed by atoms with Crippen molar-refractivity contribution in [3.8, 4) is 5.75 Å². The lowest BCUT2D eigenvalue weighted by Gasteiger charge is -2.33. The summed E-state index contributed by atoms with van der Waals surface area (Å²) < 4.78 is 10.5. The van der Waals surface area contributed by atoms with Crippen LogP contribution in [0.3, 0.4) is 0 Å². The molecule has 2 amide bonds. The second-order valence-electron chi connectivity index (χ2n) is 7.75. The molecule has 166 valence electrons. The number of nitrogens with one attached hydrogen (secondary N) is 1. The molecule has 3 rings (SSSR count). The standard InChI is InChI=1S/C25H32N2O4/c1-3-31-16-6-14-26-24(28)21-8-4-7-20(17-21)22-9-5-15-27(18-22)25(29)19-10-12-23(30-2)13-11-19/h4,7-8,10-13,17,22H,3,5-6,9,14-16,18H2,1-2H3,(H,26,28)/t22-/m0/s1. The van der Waals surface area contributed by atoms with Crippen LogP contribution in [0.15, 0.2) is 48.5 Å². The van der Waals surface area contributed by atoms with Crippen LogP contribution in [0.1, 0.15) is 58.4 Å². The molecular weight excluding hydrogens is 392 g/mol. The fourth-order valence-electron chi connectivity index (χ4n) is 3.91. The summed E-state index contributed by atoms with van der Waals surface area (Å²) in [6.45, 7) is 5.30. The van der Waals surface area contributed by atoms with Gasteiger partial charge in [0.1, 0.15) is 5.75 Å². The van der Waals surface area contributed by atoms with Crippen molar-refractivity contribution in [1.29, 1.82) is 0 Å². The van der Waals surface area contributed by atoms with Crippen molar-refractivity contribution in [3.63, 3.8) is 0 Å². The van der Waals surface area contributed by atoms with Crippen LogP contribution >= 0.6 is 0 Å². The zero-order valence-corrected chi connectivity index (χ0v) is 18.4. The van der Waals surface area contributed by atoms with Gasteiger partial charge < -0.3 is 19.7 Å².